The maximum Gasteiger partial charge on any atom is 0.330 e. The highest BCUT2D eigenvalue weighted by Crippen LogP contribution is 2.33. The molecule has 2 heterocycles. The van der Waals surface area contributed by atoms with Gasteiger partial charge >= 0.3 is 5.69 Å². The Morgan fingerprint density at radius 1 is 0.967 bits per heavy atom. The minimum atomic E-state index is -0.472. The second kappa shape index (κ2) is 8.24. The highest BCUT2D eigenvalue weighted by molar-refractivity contribution is 5.92. The van der Waals surface area contributed by atoms with Crippen LogP contribution in [0.1, 0.15) is 5.56 Å². The molecule has 2 aromatic carbocycles. The normalized spacial score (nSPS) is 10.9. The van der Waals surface area contributed by atoms with E-state index in [1.807, 2.05) is 36.4 Å². The number of hydrogen-bond acceptors (Lipinski definition) is 5. The van der Waals surface area contributed by atoms with Gasteiger partial charge in [0, 0.05) is 12.7 Å². The number of H-pyrrole nitrogens is 1. The van der Waals surface area contributed by atoms with Crippen LogP contribution in [0.25, 0.3) is 22.2 Å². The fraction of sp³-hybridized carbons (Fsp3) is 0.174. The van der Waals surface area contributed by atoms with Crippen LogP contribution in [0.2, 0.25) is 0 Å². The van der Waals surface area contributed by atoms with Crippen molar-refractivity contribution in [1.82, 2.24) is 14.5 Å². The zero-order chi connectivity index (χ0) is 21.1. The zero-order valence-corrected chi connectivity index (χ0v) is 16.7. The predicted octanol–water partition coefficient (Wildman–Crippen LogP) is 3.01. The van der Waals surface area contributed by atoms with Crippen molar-refractivity contribution >= 4 is 11.0 Å². The third-order valence-corrected chi connectivity index (χ3v) is 5.04. The number of ether oxygens (including phenoxy) is 2. The number of aromatic nitrogens is 3. The first-order valence-corrected chi connectivity index (χ1v) is 9.50. The van der Waals surface area contributed by atoms with Gasteiger partial charge in [-0.3, -0.25) is 14.3 Å². The molecule has 0 fully saturated rings. The van der Waals surface area contributed by atoms with Gasteiger partial charge < -0.3 is 9.47 Å². The Balaban J connectivity index is 1.85. The lowest BCUT2D eigenvalue weighted by atomic mass is 10.0. The molecule has 0 aliphatic heterocycles. The molecule has 0 spiro atoms. The second-order valence-corrected chi connectivity index (χ2v) is 6.77. The van der Waals surface area contributed by atoms with Crippen LogP contribution in [0.15, 0.2) is 70.4 Å². The van der Waals surface area contributed by atoms with Gasteiger partial charge in [-0.2, -0.15) is 0 Å². The van der Waals surface area contributed by atoms with Crippen LogP contribution in [0.3, 0.4) is 0 Å². The monoisotopic (exact) mass is 403 g/mol. The van der Waals surface area contributed by atoms with E-state index in [0.717, 1.165) is 11.1 Å². The van der Waals surface area contributed by atoms with Crippen molar-refractivity contribution in [3.63, 3.8) is 0 Å². The molecule has 0 unspecified atom stereocenters. The predicted molar refractivity (Wildman–Crippen MR) is 115 cm³/mol. The summed E-state index contributed by atoms with van der Waals surface area (Å²) in [7, 11) is 3.12. The maximum atomic E-state index is 12.7. The number of fused-ring (bicyclic) bond motifs is 1. The molecule has 0 atom stereocenters. The second-order valence-electron chi connectivity index (χ2n) is 6.77. The Labute approximate surface area is 172 Å². The number of pyridine rings is 1. The summed E-state index contributed by atoms with van der Waals surface area (Å²) >= 11 is 0. The van der Waals surface area contributed by atoms with Gasteiger partial charge in [0.15, 0.2) is 11.5 Å². The zero-order valence-electron chi connectivity index (χ0n) is 16.7. The van der Waals surface area contributed by atoms with Crippen LogP contribution in [0.5, 0.6) is 11.5 Å². The quantitative estimate of drug-likeness (QED) is 0.535. The molecule has 30 heavy (non-hydrogen) atoms. The van der Waals surface area contributed by atoms with Crippen LogP contribution in [-0.4, -0.2) is 28.8 Å². The van der Waals surface area contributed by atoms with E-state index in [4.69, 9.17) is 9.47 Å². The third kappa shape index (κ3) is 3.57. The van der Waals surface area contributed by atoms with Crippen LogP contribution < -0.4 is 20.7 Å². The molecule has 2 aromatic heterocycles. The molecular formula is C23H21N3O4. The number of aromatic amines is 1. The summed E-state index contributed by atoms with van der Waals surface area (Å²) in [4.78, 5) is 32.1. The number of nitrogens with one attached hydrogen (secondary N) is 1. The molecule has 152 valence electrons. The molecule has 0 aliphatic rings. The van der Waals surface area contributed by atoms with Crippen molar-refractivity contribution in [2.75, 3.05) is 14.2 Å². The van der Waals surface area contributed by atoms with Gasteiger partial charge in [-0.15, -0.1) is 0 Å². The fourth-order valence-electron chi connectivity index (χ4n) is 3.54. The summed E-state index contributed by atoms with van der Waals surface area (Å²) < 4.78 is 12.2. The Bertz CT molecular complexity index is 1310. The molecule has 0 saturated carbocycles. The molecule has 0 radical (unpaired) electrons. The Kier molecular flexibility index (Phi) is 5.34. The number of hydrogen-bond donors (Lipinski definition) is 1. The van der Waals surface area contributed by atoms with E-state index < -0.39 is 11.2 Å². The Morgan fingerprint density at radius 3 is 2.47 bits per heavy atom. The van der Waals surface area contributed by atoms with Crippen molar-refractivity contribution in [3.8, 4) is 22.6 Å². The van der Waals surface area contributed by atoms with Gasteiger partial charge in [-0.05, 0) is 41.3 Å². The molecule has 4 aromatic rings. The largest absolute Gasteiger partial charge is 0.493 e. The Hall–Kier alpha value is -3.87. The number of aryl methyl sites for hydroxylation is 2. The maximum absolute atomic E-state index is 12.7. The lowest BCUT2D eigenvalue weighted by Crippen LogP contribution is -2.31. The number of benzene rings is 2. The van der Waals surface area contributed by atoms with E-state index in [-0.39, 0.29) is 0 Å². The minimum absolute atomic E-state index is 0.354. The van der Waals surface area contributed by atoms with Crippen molar-refractivity contribution in [2.24, 2.45) is 0 Å². The molecule has 0 amide bonds. The van der Waals surface area contributed by atoms with Crippen LogP contribution in [0.4, 0.5) is 0 Å². The molecule has 7 nitrogen and oxygen atoms in total. The highest BCUT2D eigenvalue weighted by atomic mass is 16.5. The minimum Gasteiger partial charge on any atom is -0.493 e. The van der Waals surface area contributed by atoms with Gasteiger partial charge in [-0.25, -0.2) is 9.78 Å². The van der Waals surface area contributed by atoms with E-state index in [2.05, 4.69) is 9.97 Å². The lowest BCUT2D eigenvalue weighted by molar-refractivity contribution is 0.355. The summed E-state index contributed by atoms with van der Waals surface area (Å²) in [6.07, 6.45) is 2.25. The Morgan fingerprint density at radius 2 is 1.73 bits per heavy atom. The van der Waals surface area contributed by atoms with Gasteiger partial charge in [0.05, 0.1) is 19.6 Å². The van der Waals surface area contributed by atoms with Crippen LogP contribution in [0, 0.1) is 0 Å². The number of nitrogens with zero attached hydrogens (tertiary/aromatic N) is 2. The smallest absolute Gasteiger partial charge is 0.330 e. The van der Waals surface area contributed by atoms with Gasteiger partial charge in [0.25, 0.3) is 5.56 Å². The van der Waals surface area contributed by atoms with E-state index in [1.54, 1.807) is 38.6 Å². The van der Waals surface area contributed by atoms with E-state index >= 15 is 0 Å². The summed E-state index contributed by atoms with van der Waals surface area (Å²) in [5.74, 6) is 1.14. The summed E-state index contributed by atoms with van der Waals surface area (Å²) in [5.41, 5.74) is 1.94. The van der Waals surface area contributed by atoms with Gasteiger partial charge in [0.1, 0.15) is 5.65 Å². The standard InChI is InChI=1S/C23H21N3O4/c1-29-18-9-8-16(14-19(18)30-2)17-10-12-24-21-20(17)22(27)25-23(28)26(21)13-11-15-6-4-3-5-7-15/h3-10,12,14H,11,13H2,1-2H3,(H,25,27,28). The molecular weight excluding hydrogens is 382 g/mol. The molecule has 0 bridgehead atoms. The van der Waals surface area contributed by atoms with Gasteiger partial charge in [0.2, 0.25) is 0 Å². The fourth-order valence-corrected chi connectivity index (χ4v) is 3.54. The van der Waals surface area contributed by atoms with Crippen molar-refractivity contribution in [1.29, 1.82) is 0 Å². The molecule has 7 heteroatoms. The van der Waals surface area contributed by atoms with E-state index in [9.17, 15) is 9.59 Å². The van der Waals surface area contributed by atoms with Crippen molar-refractivity contribution in [2.45, 2.75) is 13.0 Å². The van der Waals surface area contributed by atoms with Crippen LogP contribution in [-0.2, 0) is 13.0 Å². The highest BCUT2D eigenvalue weighted by Gasteiger charge is 2.15. The molecule has 1 N–H and O–H groups in total. The first-order chi connectivity index (χ1) is 14.6. The summed E-state index contributed by atoms with van der Waals surface area (Å²) in [6, 6.07) is 17.0. The molecule has 0 saturated heterocycles. The summed E-state index contributed by atoms with van der Waals surface area (Å²) in [5, 5.41) is 0.359. The molecule has 4 rings (SSSR count). The first kappa shape index (κ1) is 19.4. The lowest BCUT2D eigenvalue weighted by Gasteiger charge is -2.13. The van der Waals surface area contributed by atoms with Crippen molar-refractivity contribution in [3.05, 3.63) is 87.2 Å². The average Bonchev–Trinajstić information content (AvgIpc) is 2.78. The van der Waals surface area contributed by atoms with E-state index in [0.29, 0.717) is 41.1 Å². The third-order valence-electron chi connectivity index (χ3n) is 5.04. The SMILES string of the molecule is COc1ccc(-c2ccnc3c2c(=O)[nH]c(=O)n3CCc2ccccc2)cc1OC. The van der Waals surface area contributed by atoms with E-state index in [1.165, 1.54) is 4.57 Å². The molecule has 0 aliphatic carbocycles. The van der Waals surface area contributed by atoms with Gasteiger partial charge in [-0.1, -0.05) is 36.4 Å². The van der Waals surface area contributed by atoms with Crippen molar-refractivity contribution < 1.29 is 9.47 Å². The first-order valence-electron chi connectivity index (χ1n) is 9.50. The topological polar surface area (TPSA) is 86.2 Å². The average molecular weight is 403 g/mol. The number of rotatable bonds is 6. The summed E-state index contributed by atoms with van der Waals surface area (Å²) in [6.45, 7) is 0.401. The van der Waals surface area contributed by atoms with Crippen LogP contribution >= 0.6 is 0 Å². The number of methoxy groups -OCH3 is 2.